The van der Waals surface area contributed by atoms with Crippen LogP contribution in [0.2, 0.25) is 0 Å². The van der Waals surface area contributed by atoms with Crippen LogP contribution in [-0.4, -0.2) is 27.2 Å². The SMILES string of the molecule is C=C(C)C(C)(O)C(=O)C(C)(C)O. The number of hydrogen-bond donors (Lipinski definition) is 2. The van der Waals surface area contributed by atoms with Crippen LogP contribution < -0.4 is 0 Å². The van der Waals surface area contributed by atoms with E-state index in [0.717, 1.165) is 0 Å². The first-order chi connectivity index (χ1) is 5.10. The van der Waals surface area contributed by atoms with Gasteiger partial charge in [-0.05, 0) is 33.3 Å². The molecule has 1 atom stereocenters. The molecule has 0 radical (unpaired) electrons. The minimum atomic E-state index is -1.64. The highest BCUT2D eigenvalue weighted by atomic mass is 16.3. The van der Waals surface area contributed by atoms with Gasteiger partial charge in [0.25, 0.3) is 0 Å². The van der Waals surface area contributed by atoms with Gasteiger partial charge >= 0.3 is 0 Å². The summed E-state index contributed by atoms with van der Waals surface area (Å²) in [5.74, 6) is -0.637. The lowest BCUT2D eigenvalue weighted by Crippen LogP contribution is -2.48. The van der Waals surface area contributed by atoms with Crippen molar-refractivity contribution in [3.05, 3.63) is 12.2 Å². The van der Waals surface area contributed by atoms with Crippen molar-refractivity contribution in [1.29, 1.82) is 0 Å². The summed E-state index contributed by atoms with van der Waals surface area (Å²) < 4.78 is 0. The summed E-state index contributed by atoms with van der Waals surface area (Å²) in [5.41, 5.74) is -2.84. The van der Waals surface area contributed by atoms with E-state index in [9.17, 15) is 15.0 Å². The Labute approximate surface area is 72.7 Å². The predicted molar refractivity (Wildman–Crippen MR) is 46.7 cm³/mol. The largest absolute Gasteiger partial charge is 0.383 e. The van der Waals surface area contributed by atoms with E-state index in [4.69, 9.17) is 0 Å². The molecule has 70 valence electrons. The summed E-state index contributed by atoms with van der Waals surface area (Å²) >= 11 is 0. The average molecular weight is 172 g/mol. The Morgan fingerprint density at radius 2 is 1.58 bits per heavy atom. The number of ketones is 1. The number of carbonyl (C=O) groups excluding carboxylic acids is 1. The zero-order valence-corrected chi connectivity index (χ0v) is 8.01. The van der Waals surface area contributed by atoms with Gasteiger partial charge in [0.15, 0.2) is 5.78 Å². The summed E-state index contributed by atoms with van der Waals surface area (Å²) in [4.78, 5) is 11.4. The number of hydrogen-bond acceptors (Lipinski definition) is 3. The van der Waals surface area contributed by atoms with Crippen molar-refractivity contribution in [3.8, 4) is 0 Å². The number of aliphatic hydroxyl groups is 2. The van der Waals surface area contributed by atoms with Gasteiger partial charge in [-0.25, -0.2) is 0 Å². The van der Waals surface area contributed by atoms with Crippen molar-refractivity contribution >= 4 is 5.78 Å². The fourth-order valence-corrected chi connectivity index (χ4v) is 0.789. The molecular formula is C9H16O3. The van der Waals surface area contributed by atoms with Crippen LogP contribution in [0.1, 0.15) is 27.7 Å². The first-order valence-electron chi connectivity index (χ1n) is 3.75. The first kappa shape index (κ1) is 11.3. The van der Waals surface area contributed by atoms with Gasteiger partial charge in [-0.3, -0.25) is 4.79 Å². The van der Waals surface area contributed by atoms with Gasteiger partial charge in [-0.15, -0.1) is 0 Å². The minimum absolute atomic E-state index is 0.328. The molecule has 12 heavy (non-hydrogen) atoms. The molecule has 0 aromatic heterocycles. The normalized spacial score (nSPS) is 16.8. The van der Waals surface area contributed by atoms with Crippen LogP contribution in [0.4, 0.5) is 0 Å². The third-order valence-electron chi connectivity index (χ3n) is 1.83. The molecule has 0 rings (SSSR count). The van der Waals surface area contributed by atoms with Gasteiger partial charge in [-0.2, -0.15) is 0 Å². The van der Waals surface area contributed by atoms with E-state index in [0.29, 0.717) is 5.57 Å². The molecule has 3 nitrogen and oxygen atoms in total. The topological polar surface area (TPSA) is 57.5 Å². The van der Waals surface area contributed by atoms with Crippen LogP contribution >= 0.6 is 0 Å². The van der Waals surface area contributed by atoms with Gasteiger partial charge in [0, 0.05) is 0 Å². The van der Waals surface area contributed by atoms with Gasteiger partial charge in [0.05, 0.1) is 0 Å². The van der Waals surface area contributed by atoms with E-state index in [1.807, 2.05) is 0 Å². The molecule has 1 unspecified atom stereocenters. The molecule has 0 amide bonds. The highest BCUT2D eigenvalue weighted by Gasteiger charge is 2.40. The van der Waals surface area contributed by atoms with Crippen LogP contribution in [0.3, 0.4) is 0 Å². The second-order valence-electron chi connectivity index (χ2n) is 3.74. The molecular weight excluding hydrogens is 156 g/mol. The highest BCUT2D eigenvalue weighted by molar-refractivity contribution is 5.95. The molecule has 3 heteroatoms. The molecule has 2 N–H and O–H groups in total. The van der Waals surface area contributed by atoms with Crippen LogP contribution in [0.25, 0.3) is 0 Å². The highest BCUT2D eigenvalue weighted by Crippen LogP contribution is 2.21. The Morgan fingerprint density at radius 1 is 1.25 bits per heavy atom. The lowest BCUT2D eigenvalue weighted by atomic mass is 9.85. The zero-order chi connectivity index (χ0) is 10.2. The second kappa shape index (κ2) is 2.99. The summed E-state index contributed by atoms with van der Waals surface area (Å²) in [5, 5.41) is 18.9. The van der Waals surface area contributed by atoms with Gasteiger partial charge < -0.3 is 10.2 Å². The number of carbonyl (C=O) groups is 1. The van der Waals surface area contributed by atoms with E-state index >= 15 is 0 Å². The maximum Gasteiger partial charge on any atom is 0.199 e. The van der Waals surface area contributed by atoms with Gasteiger partial charge in [0.2, 0.25) is 0 Å². The molecule has 0 spiro atoms. The van der Waals surface area contributed by atoms with Crippen molar-refractivity contribution in [1.82, 2.24) is 0 Å². The average Bonchev–Trinajstić information content (AvgIpc) is 1.83. The number of rotatable bonds is 3. The Balaban J connectivity index is 4.83. The monoisotopic (exact) mass is 172 g/mol. The lowest BCUT2D eigenvalue weighted by Gasteiger charge is -2.28. The van der Waals surface area contributed by atoms with Crippen LogP contribution in [0.5, 0.6) is 0 Å². The van der Waals surface area contributed by atoms with Crippen molar-refractivity contribution in [2.75, 3.05) is 0 Å². The molecule has 0 saturated heterocycles. The Kier molecular flexibility index (Phi) is 2.83. The van der Waals surface area contributed by atoms with E-state index in [1.54, 1.807) is 6.92 Å². The van der Waals surface area contributed by atoms with Crippen LogP contribution in [0.15, 0.2) is 12.2 Å². The van der Waals surface area contributed by atoms with E-state index in [-0.39, 0.29) is 0 Å². The van der Waals surface area contributed by atoms with Crippen molar-refractivity contribution in [2.45, 2.75) is 38.9 Å². The molecule has 0 aliphatic rings. The van der Waals surface area contributed by atoms with Gasteiger partial charge in [-0.1, -0.05) is 6.58 Å². The lowest BCUT2D eigenvalue weighted by molar-refractivity contribution is -0.148. The molecule has 0 aliphatic heterocycles. The Hall–Kier alpha value is -0.670. The summed E-state index contributed by atoms with van der Waals surface area (Å²) in [6.07, 6.45) is 0. The molecule has 0 fully saturated rings. The smallest absolute Gasteiger partial charge is 0.199 e. The predicted octanol–water partition coefficient (Wildman–Crippen LogP) is 0.653. The third-order valence-corrected chi connectivity index (χ3v) is 1.83. The molecule has 0 bridgehead atoms. The van der Waals surface area contributed by atoms with Crippen molar-refractivity contribution in [3.63, 3.8) is 0 Å². The third kappa shape index (κ3) is 2.16. The second-order valence-corrected chi connectivity index (χ2v) is 3.74. The van der Waals surface area contributed by atoms with E-state index < -0.39 is 17.0 Å². The standard InChI is InChI=1S/C9H16O3/c1-6(2)9(5,12)7(10)8(3,4)11/h11-12H,1H2,2-5H3. The van der Waals surface area contributed by atoms with E-state index in [1.165, 1.54) is 20.8 Å². The quantitative estimate of drug-likeness (QED) is 0.615. The van der Waals surface area contributed by atoms with Gasteiger partial charge in [0.1, 0.15) is 11.2 Å². The van der Waals surface area contributed by atoms with Crippen molar-refractivity contribution < 1.29 is 15.0 Å². The minimum Gasteiger partial charge on any atom is -0.383 e. The maximum atomic E-state index is 11.4. The first-order valence-corrected chi connectivity index (χ1v) is 3.75. The molecule has 0 aliphatic carbocycles. The van der Waals surface area contributed by atoms with E-state index in [2.05, 4.69) is 6.58 Å². The number of Topliss-reactive ketones (excluding diaryl/α,β-unsaturated/α-hetero) is 1. The fraction of sp³-hybridized carbons (Fsp3) is 0.667. The Bertz CT molecular complexity index is 208. The van der Waals surface area contributed by atoms with Crippen LogP contribution in [0, 0.1) is 0 Å². The maximum absolute atomic E-state index is 11.4. The summed E-state index contributed by atoms with van der Waals surface area (Å²) in [6.45, 7) is 9.03. The van der Waals surface area contributed by atoms with Crippen molar-refractivity contribution in [2.24, 2.45) is 0 Å². The molecule has 0 aromatic carbocycles. The molecule has 0 heterocycles. The van der Waals surface area contributed by atoms with Crippen LogP contribution in [-0.2, 0) is 4.79 Å². The summed E-state index contributed by atoms with van der Waals surface area (Å²) in [7, 11) is 0. The zero-order valence-electron chi connectivity index (χ0n) is 8.01. The fourth-order valence-electron chi connectivity index (χ4n) is 0.789. The Morgan fingerprint density at radius 3 is 1.67 bits per heavy atom. The summed E-state index contributed by atoms with van der Waals surface area (Å²) in [6, 6.07) is 0. The molecule has 0 saturated carbocycles. The molecule has 0 aromatic rings.